The number of imidazole rings is 1. The van der Waals surface area contributed by atoms with Crippen molar-refractivity contribution in [2.45, 2.75) is 44.4 Å². The van der Waals surface area contributed by atoms with E-state index in [4.69, 9.17) is 21.3 Å². The lowest BCUT2D eigenvalue weighted by Gasteiger charge is -2.27. The van der Waals surface area contributed by atoms with Crippen LogP contribution >= 0.6 is 11.6 Å². The van der Waals surface area contributed by atoms with E-state index in [1.165, 1.54) is 0 Å². The van der Waals surface area contributed by atoms with Gasteiger partial charge in [0.25, 0.3) is 6.01 Å². The standard InChI is InChI=1S/C22H20ClN5O2/c23-15-9-19-18(8-14(15)10-24)25-12-28(19)11-13-5-6-17-21(7-13)30-22(27-17)26-16-3-1-2-4-20(16)29/h5-9,12,16,20,29H,1-4,11H2,(H,26,27). The molecule has 1 aliphatic rings. The Morgan fingerprint density at radius 2 is 2.10 bits per heavy atom. The first-order chi connectivity index (χ1) is 14.6. The van der Waals surface area contributed by atoms with Crippen molar-refractivity contribution in [3.05, 3.63) is 52.8 Å². The summed E-state index contributed by atoms with van der Waals surface area (Å²) in [5, 5.41) is 23.0. The Morgan fingerprint density at radius 1 is 1.23 bits per heavy atom. The first-order valence-corrected chi connectivity index (χ1v) is 10.4. The van der Waals surface area contributed by atoms with Crippen molar-refractivity contribution < 1.29 is 9.52 Å². The Morgan fingerprint density at radius 3 is 2.93 bits per heavy atom. The third-order valence-electron chi connectivity index (χ3n) is 5.67. The van der Waals surface area contributed by atoms with Gasteiger partial charge in [0.15, 0.2) is 5.58 Å². The van der Waals surface area contributed by atoms with Gasteiger partial charge in [0, 0.05) is 6.54 Å². The van der Waals surface area contributed by atoms with Gasteiger partial charge in [-0.05, 0) is 42.7 Å². The van der Waals surface area contributed by atoms with Gasteiger partial charge in [0.1, 0.15) is 11.6 Å². The molecule has 0 saturated heterocycles. The van der Waals surface area contributed by atoms with Crippen molar-refractivity contribution in [2.75, 3.05) is 5.32 Å². The van der Waals surface area contributed by atoms with Gasteiger partial charge in [-0.25, -0.2) is 4.98 Å². The highest BCUT2D eigenvalue weighted by Gasteiger charge is 2.24. The van der Waals surface area contributed by atoms with E-state index in [-0.39, 0.29) is 12.1 Å². The van der Waals surface area contributed by atoms with Crippen molar-refractivity contribution in [1.82, 2.24) is 14.5 Å². The highest BCUT2D eigenvalue weighted by Crippen LogP contribution is 2.27. The lowest BCUT2D eigenvalue weighted by molar-refractivity contribution is 0.115. The Kier molecular flexibility index (Phi) is 4.81. The van der Waals surface area contributed by atoms with Crippen molar-refractivity contribution >= 4 is 39.7 Å². The minimum Gasteiger partial charge on any atom is -0.424 e. The van der Waals surface area contributed by atoms with Crippen LogP contribution in [0.5, 0.6) is 0 Å². The van der Waals surface area contributed by atoms with Gasteiger partial charge in [-0.3, -0.25) is 0 Å². The van der Waals surface area contributed by atoms with Crippen LogP contribution < -0.4 is 5.32 Å². The van der Waals surface area contributed by atoms with Crippen LogP contribution in [0.2, 0.25) is 5.02 Å². The summed E-state index contributed by atoms with van der Waals surface area (Å²) >= 11 is 6.19. The molecule has 0 radical (unpaired) electrons. The van der Waals surface area contributed by atoms with Crippen molar-refractivity contribution in [1.29, 1.82) is 5.26 Å². The second-order valence-electron chi connectivity index (χ2n) is 7.73. The van der Waals surface area contributed by atoms with Crippen LogP contribution in [-0.4, -0.2) is 31.8 Å². The molecule has 0 amide bonds. The van der Waals surface area contributed by atoms with Crippen molar-refractivity contribution in [2.24, 2.45) is 0 Å². The Bertz CT molecular complexity index is 1270. The van der Waals surface area contributed by atoms with Gasteiger partial charge in [-0.1, -0.05) is 30.5 Å². The summed E-state index contributed by atoms with van der Waals surface area (Å²) in [6, 6.07) is 11.9. The van der Waals surface area contributed by atoms with Gasteiger partial charge in [0.2, 0.25) is 0 Å². The zero-order chi connectivity index (χ0) is 20.7. The first-order valence-electron chi connectivity index (χ1n) is 9.99. The first kappa shape index (κ1) is 18.9. The number of benzene rings is 2. The Hall–Kier alpha value is -3.08. The molecule has 0 spiro atoms. The molecule has 8 heteroatoms. The second kappa shape index (κ2) is 7.63. The van der Waals surface area contributed by atoms with E-state index in [0.29, 0.717) is 28.7 Å². The van der Waals surface area contributed by atoms with Gasteiger partial charge in [-0.15, -0.1) is 0 Å². The minimum atomic E-state index is -0.368. The monoisotopic (exact) mass is 421 g/mol. The molecule has 1 aliphatic carbocycles. The molecule has 5 rings (SSSR count). The molecule has 2 N–H and O–H groups in total. The predicted molar refractivity (Wildman–Crippen MR) is 114 cm³/mol. The van der Waals surface area contributed by atoms with Gasteiger partial charge >= 0.3 is 0 Å². The average Bonchev–Trinajstić information content (AvgIpc) is 3.32. The molecule has 0 bridgehead atoms. The van der Waals surface area contributed by atoms with Gasteiger partial charge < -0.3 is 19.4 Å². The molecule has 2 heterocycles. The zero-order valence-corrected chi connectivity index (χ0v) is 16.9. The number of aromatic nitrogens is 3. The third kappa shape index (κ3) is 3.49. The molecule has 2 aromatic heterocycles. The van der Waals surface area contributed by atoms with Crippen LogP contribution in [0.1, 0.15) is 36.8 Å². The third-order valence-corrected chi connectivity index (χ3v) is 5.99. The number of aliphatic hydroxyl groups excluding tert-OH is 1. The molecule has 1 saturated carbocycles. The average molecular weight is 422 g/mol. The highest BCUT2D eigenvalue weighted by molar-refractivity contribution is 6.32. The lowest BCUT2D eigenvalue weighted by Crippen LogP contribution is -2.36. The van der Waals surface area contributed by atoms with Gasteiger partial charge in [0.05, 0.1) is 40.1 Å². The Labute approximate surface area is 177 Å². The maximum Gasteiger partial charge on any atom is 0.295 e. The summed E-state index contributed by atoms with van der Waals surface area (Å²) in [6.07, 6.45) is 5.24. The Balaban J connectivity index is 1.40. The van der Waals surface area contributed by atoms with Crippen molar-refractivity contribution in [3.8, 4) is 6.07 Å². The largest absolute Gasteiger partial charge is 0.424 e. The fourth-order valence-corrected chi connectivity index (χ4v) is 4.25. The number of rotatable bonds is 4. The van der Waals surface area contributed by atoms with E-state index in [2.05, 4.69) is 21.4 Å². The van der Waals surface area contributed by atoms with Crippen LogP contribution in [0, 0.1) is 11.3 Å². The molecule has 4 aromatic rings. The van der Waals surface area contributed by atoms with Crippen LogP contribution in [0.4, 0.5) is 6.01 Å². The zero-order valence-electron chi connectivity index (χ0n) is 16.2. The fourth-order valence-electron chi connectivity index (χ4n) is 4.05. The maximum atomic E-state index is 10.2. The molecule has 30 heavy (non-hydrogen) atoms. The lowest BCUT2D eigenvalue weighted by atomic mass is 9.93. The number of halogens is 1. The summed E-state index contributed by atoms with van der Waals surface area (Å²) in [6.45, 7) is 0.583. The molecule has 0 aliphatic heterocycles. The number of nitrogens with zero attached hydrogens (tertiary/aromatic N) is 4. The second-order valence-corrected chi connectivity index (χ2v) is 8.14. The number of aliphatic hydroxyl groups is 1. The highest BCUT2D eigenvalue weighted by atomic mass is 35.5. The number of oxazole rings is 1. The predicted octanol–water partition coefficient (Wildman–Crippen LogP) is 4.47. The molecule has 1 fully saturated rings. The van der Waals surface area contributed by atoms with E-state index in [9.17, 15) is 5.11 Å². The van der Waals surface area contributed by atoms with Crippen LogP contribution in [0.25, 0.3) is 22.1 Å². The van der Waals surface area contributed by atoms with E-state index >= 15 is 0 Å². The quantitative estimate of drug-likeness (QED) is 0.504. The SMILES string of the molecule is N#Cc1cc2ncn(Cc3ccc4nc(NC5CCCCC5O)oc4c3)c2cc1Cl. The number of fused-ring (bicyclic) bond motifs is 2. The van der Waals surface area contributed by atoms with E-state index in [1.807, 2.05) is 22.8 Å². The number of nitriles is 1. The fraction of sp³-hybridized carbons (Fsp3) is 0.318. The number of nitrogens with one attached hydrogen (secondary N) is 1. The maximum absolute atomic E-state index is 10.2. The summed E-state index contributed by atoms with van der Waals surface area (Å²) in [7, 11) is 0. The molecule has 2 atom stereocenters. The van der Waals surface area contributed by atoms with Crippen LogP contribution in [0.15, 0.2) is 41.1 Å². The molecular formula is C22H20ClN5O2. The van der Waals surface area contributed by atoms with Crippen molar-refractivity contribution in [3.63, 3.8) is 0 Å². The minimum absolute atomic E-state index is 0.0216. The van der Waals surface area contributed by atoms with Gasteiger partial charge in [-0.2, -0.15) is 10.2 Å². The normalized spacial score (nSPS) is 19.2. The number of hydrogen-bond acceptors (Lipinski definition) is 6. The topological polar surface area (TPSA) is 99.9 Å². The molecule has 2 aromatic carbocycles. The molecule has 152 valence electrons. The number of hydrogen-bond donors (Lipinski definition) is 2. The smallest absolute Gasteiger partial charge is 0.295 e. The van der Waals surface area contributed by atoms with E-state index in [0.717, 1.165) is 47.8 Å². The summed E-state index contributed by atoms with van der Waals surface area (Å²) < 4.78 is 7.88. The van der Waals surface area contributed by atoms with Crippen LogP contribution in [0.3, 0.4) is 0 Å². The summed E-state index contributed by atoms with van der Waals surface area (Å²) in [5.74, 6) is 0. The molecule has 7 nitrogen and oxygen atoms in total. The van der Waals surface area contributed by atoms with Crippen LogP contribution in [-0.2, 0) is 6.54 Å². The van der Waals surface area contributed by atoms with E-state index in [1.54, 1.807) is 18.5 Å². The number of anilines is 1. The van der Waals surface area contributed by atoms with E-state index < -0.39 is 0 Å². The summed E-state index contributed by atoms with van der Waals surface area (Å²) in [4.78, 5) is 8.89. The molecular weight excluding hydrogens is 402 g/mol. The summed E-state index contributed by atoms with van der Waals surface area (Å²) in [5.41, 5.74) is 4.50. The molecule has 2 unspecified atom stereocenters.